The molecular formula is C9H5ClF3NO2. The first-order chi connectivity index (χ1) is 7.30. The standard InChI is InChI=1S/C9H5ClF3NO2/c10-6-3-5(9(11,12)13)4-14-7(6)1-2-8(15)16/h1-4H,(H,15,16)/b2-1+. The van der Waals surface area contributed by atoms with E-state index in [2.05, 4.69) is 4.98 Å². The van der Waals surface area contributed by atoms with E-state index in [1.807, 2.05) is 0 Å². The molecule has 0 radical (unpaired) electrons. The highest BCUT2D eigenvalue weighted by molar-refractivity contribution is 6.32. The van der Waals surface area contributed by atoms with Crippen LogP contribution in [0.4, 0.5) is 13.2 Å². The van der Waals surface area contributed by atoms with Crippen molar-refractivity contribution < 1.29 is 23.1 Å². The lowest BCUT2D eigenvalue weighted by atomic mass is 10.2. The van der Waals surface area contributed by atoms with Gasteiger partial charge in [-0.25, -0.2) is 4.79 Å². The van der Waals surface area contributed by atoms with Gasteiger partial charge in [0.1, 0.15) is 0 Å². The molecule has 86 valence electrons. The van der Waals surface area contributed by atoms with Gasteiger partial charge < -0.3 is 5.11 Å². The molecule has 1 aromatic heterocycles. The van der Waals surface area contributed by atoms with E-state index in [4.69, 9.17) is 16.7 Å². The fraction of sp³-hybridized carbons (Fsp3) is 0.111. The Morgan fingerprint density at radius 1 is 1.50 bits per heavy atom. The molecule has 0 amide bonds. The van der Waals surface area contributed by atoms with Gasteiger partial charge in [-0.15, -0.1) is 0 Å². The smallest absolute Gasteiger partial charge is 0.417 e. The second kappa shape index (κ2) is 4.52. The third kappa shape index (κ3) is 3.23. The van der Waals surface area contributed by atoms with E-state index in [0.717, 1.165) is 12.2 Å². The summed E-state index contributed by atoms with van der Waals surface area (Å²) in [7, 11) is 0. The Balaban J connectivity index is 3.05. The van der Waals surface area contributed by atoms with E-state index >= 15 is 0 Å². The highest BCUT2D eigenvalue weighted by Gasteiger charge is 2.31. The van der Waals surface area contributed by atoms with Crippen molar-refractivity contribution in [1.82, 2.24) is 4.98 Å². The summed E-state index contributed by atoms with van der Waals surface area (Å²) < 4.78 is 36.6. The second-order valence-corrected chi connectivity index (χ2v) is 3.17. The van der Waals surface area contributed by atoms with E-state index in [9.17, 15) is 18.0 Å². The molecule has 0 unspecified atom stereocenters. The maximum Gasteiger partial charge on any atom is 0.417 e. The molecule has 0 bridgehead atoms. The molecule has 7 heteroatoms. The molecule has 1 heterocycles. The van der Waals surface area contributed by atoms with Crippen LogP contribution in [0.15, 0.2) is 18.3 Å². The Morgan fingerprint density at radius 3 is 2.56 bits per heavy atom. The van der Waals surface area contributed by atoms with Crippen LogP contribution in [-0.4, -0.2) is 16.1 Å². The molecule has 0 spiro atoms. The van der Waals surface area contributed by atoms with Crippen LogP contribution in [0.3, 0.4) is 0 Å². The van der Waals surface area contributed by atoms with Gasteiger partial charge in [-0.1, -0.05) is 11.6 Å². The molecule has 16 heavy (non-hydrogen) atoms. The Morgan fingerprint density at radius 2 is 2.12 bits per heavy atom. The van der Waals surface area contributed by atoms with Crippen LogP contribution in [0.5, 0.6) is 0 Å². The number of alkyl halides is 3. The summed E-state index contributed by atoms with van der Waals surface area (Å²) in [6.07, 6.45) is -2.18. The van der Waals surface area contributed by atoms with Gasteiger partial charge in [0.25, 0.3) is 0 Å². The summed E-state index contributed by atoms with van der Waals surface area (Å²) in [4.78, 5) is 13.6. The van der Waals surface area contributed by atoms with E-state index < -0.39 is 17.7 Å². The average Bonchev–Trinajstić information content (AvgIpc) is 2.14. The summed E-state index contributed by atoms with van der Waals surface area (Å²) in [5.74, 6) is -1.24. The van der Waals surface area contributed by atoms with Gasteiger partial charge in [0.15, 0.2) is 0 Å². The van der Waals surface area contributed by atoms with Crippen molar-refractivity contribution in [3.8, 4) is 0 Å². The Bertz CT molecular complexity index is 443. The number of halogens is 4. The third-order valence-corrected chi connectivity index (χ3v) is 1.88. The number of hydrogen-bond donors (Lipinski definition) is 1. The lowest BCUT2D eigenvalue weighted by Gasteiger charge is -2.06. The first kappa shape index (κ1) is 12.5. The summed E-state index contributed by atoms with van der Waals surface area (Å²) in [5, 5.41) is 8.05. The van der Waals surface area contributed by atoms with Crippen LogP contribution >= 0.6 is 11.6 Å². The molecule has 1 rings (SSSR count). The Hall–Kier alpha value is -1.56. The van der Waals surface area contributed by atoms with Crippen molar-refractivity contribution in [2.75, 3.05) is 0 Å². The third-order valence-electron chi connectivity index (χ3n) is 1.58. The minimum atomic E-state index is -4.52. The number of rotatable bonds is 2. The minimum Gasteiger partial charge on any atom is -0.478 e. The summed E-state index contributed by atoms with van der Waals surface area (Å²) >= 11 is 5.51. The molecule has 0 fully saturated rings. The predicted molar refractivity (Wildman–Crippen MR) is 50.9 cm³/mol. The lowest BCUT2D eigenvalue weighted by molar-refractivity contribution is -0.138. The Labute approximate surface area is 93.2 Å². The van der Waals surface area contributed by atoms with E-state index in [-0.39, 0.29) is 10.7 Å². The first-order valence-corrected chi connectivity index (χ1v) is 4.32. The van der Waals surface area contributed by atoms with Crippen molar-refractivity contribution in [3.05, 3.63) is 34.6 Å². The number of aromatic nitrogens is 1. The summed E-state index contributed by atoms with van der Waals surface area (Å²) in [5.41, 5.74) is -1.01. The maximum absolute atomic E-state index is 12.2. The molecule has 1 aromatic rings. The van der Waals surface area contributed by atoms with Gasteiger partial charge in [0, 0.05) is 12.3 Å². The quantitative estimate of drug-likeness (QED) is 0.822. The number of hydrogen-bond acceptors (Lipinski definition) is 2. The van der Waals surface area contributed by atoms with Gasteiger partial charge >= 0.3 is 12.1 Å². The van der Waals surface area contributed by atoms with Crippen molar-refractivity contribution in [2.24, 2.45) is 0 Å². The molecule has 0 aromatic carbocycles. The highest BCUT2D eigenvalue weighted by Crippen LogP contribution is 2.31. The fourth-order valence-corrected chi connectivity index (χ4v) is 1.11. The van der Waals surface area contributed by atoms with Crippen molar-refractivity contribution >= 4 is 23.6 Å². The fourth-order valence-electron chi connectivity index (χ4n) is 0.876. The van der Waals surface area contributed by atoms with Gasteiger partial charge in [-0.2, -0.15) is 13.2 Å². The molecule has 0 aliphatic carbocycles. The normalized spacial score (nSPS) is 12.0. The topological polar surface area (TPSA) is 50.2 Å². The molecule has 0 aliphatic heterocycles. The molecule has 1 N–H and O–H groups in total. The van der Waals surface area contributed by atoms with Crippen molar-refractivity contribution in [2.45, 2.75) is 6.18 Å². The van der Waals surface area contributed by atoms with Crippen LogP contribution in [0.1, 0.15) is 11.3 Å². The molecule has 3 nitrogen and oxygen atoms in total. The van der Waals surface area contributed by atoms with Crippen LogP contribution in [0.25, 0.3) is 6.08 Å². The molecule has 0 aliphatic rings. The molecular weight excluding hydrogens is 247 g/mol. The molecule has 0 atom stereocenters. The van der Waals surface area contributed by atoms with Crippen molar-refractivity contribution in [1.29, 1.82) is 0 Å². The zero-order valence-electron chi connectivity index (χ0n) is 7.62. The predicted octanol–water partition coefficient (Wildman–Crippen LogP) is 2.85. The Kier molecular flexibility index (Phi) is 3.54. The van der Waals surface area contributed by atoms with Crippen LogP contribution in [0.2, 0.25) is 5.02 Å². The SMILES string of the molecule is O=C(O)/C=C/c1ncc(C(F)(F)F)cc1Cl. The van der Waals surface area contributed by atoms with Crippen molar-refractivity contribution in [3.63, 3.8) is 0 Å². The monoisotopic (exact) mass is 251 g/mol. The maximum atomic E-state index is 12.2. The number of nitrogens with zero attached hydrogens (tertiary/aromatic N) is 1. The largest absolute Gasteiger partial charge is 0.478 e. The van der Waals surface area contributed by atoms with Gasteiger partial charge in [-0.05, 0) is 12.1 Å². The summed E-state index contributed by atoms with van der Waals surface area (Å²) in [6.45, 7) is 0. The zero-order chi connectivity index (χ0) is 12.3. The number of carbonyl (C=O) groups is 1. The van der Waals surface area contributed by atoms with Crippen LogP contribution < -0.4 is 0 Å². The van der Waals surface area contributed by atoms with Gasteiger partial charge in [-0.3, -0.25) is 4.98 Å². The minimum absolute atomic E-state index is 0.0305. The zero-order valence-corrected chi connectivity index (χ0v) is 8.38. The van der Waals surface area contributed by atoms with E-state index in [0.29, 0.717) is 12.3 Å². The number of aliphatic carboxylic acids is 1. The van der Waals surface area contributed by atoms with Crippen LogP contribution in [-0.2, 0) is 11.0 Å². The second-order valence-electron chi connectivity index (χ2n) is 2.76. The van der Waals surface area contributed by atoms with E-state index in [1.165, 1.54) is 0 Å². The van der Waals surface area contributed by atoms with Crippen LogP contribution in [0, 0.1) is 0 Å². The number of carboxylic acids is 1. The van der Waals surface area contributed by atoms with Gasteiger partial charge in [0.05, 0.1) is 16.3 Å². The summed E-state index contributed by atoms with van der Waals surface area (Å²) in [6, 6.07) is 0.691. The number of pyridine rings is 1. The number of carboxylic acid groups (broad SMARTS) is 1. The van der Waals surface area contributed by atoms with Gasteiger partial charge in [0.2, 0.25) is 0 Å². The lowest BCUT2D eigenvalue weighted by Crippen LogP contribution is -2.05. The molecule has 0 saturated heterocycles. The average molecular weight is 252 g/mol. The van der Waals surface area contributed by atoms with E-state index in [1.54, 1.807) is 0 Å². The first-order valence-electron chi connectivity index (χ1n) is 3.94. The molecule has 0 saturated carbocycles. The highest BCUT2D eigenvalue weighted by atomic mass is 35.5.